The second-order valence-corrected chi connectivity index (χ2v) is 11.7. The van der Waals surface area contributed by atoms with Gasteiger partial charge in [0.05, 0.1) is 11.7 Å². The lowest BCUT2D eigenvalue weighted by atomic mass is 9.60. The molecule has 0 bridgehead atoms. The van der Waals surface area contributed by atoms with Gasteiger partial charge in [-0.2, -0.15) is 0 Å². The van der Waals surface area contributed by atoms with E-state index in [1.807, 2.05) is 13.8 Å². The Morgan fingerprint density at radius 3 is 2.58 bits per heavy atom. The van der Waals surface area contributed by atoms with Crippen LogP contribution in [0.1, 0.15) is 125 Å². The highest BCUT2D eigenvalue weighted by molar-refractivity contribution is 5.25. The lowest BCUT2D eigenvalue weighted by Crippen LogP contribution is -2.36. The number of unbranched alkanes of at least 4 members (excludes halogenated alkanes) is 1. The Morgan fingerprint density at radius 2 is 1.94 bits per heavy atom. The topological polar surface area (TPSA) is 40.5 Å². The van der Waals surface area contributed by atoms with Crippen LogP contribution >= 0.6 is 0 Å². The minimum atomic E-state index is -0.532. The van der Waals surface area contributed by atoms with E-state index in [2.05, 4.69) is 39.8 Å². The fourth-order valence-corrected chi connectivity index (χ4v) is 6.67. The van der Waals surface area contributed by atoms with Gasteiger partial charge in [0.1, 0.15) is 0 Å². The summed E-state index contributed by atoms with van der Waals surface area (Å²) in [5.74, 6) is 2.29. The van der Waals surface area contributed by atoms with Crippen molar-refractivity contribution in [2.75, 3.05) is 0 Å². The van der Waals surface area contributed by atoms with Gasteiger partial charge in [0.2, 0.25) is 0 Å². The van der Waals surface area contributed by atoms with Crippen molar-refractivity contribution in [1.82, 2.24) is 0 Å². The van der Waals surface area contributed by atoms with E-state index < -0.39 is 5.60 Å². The van der Waals surface area contributed by atoms with Gasteiger partial charge in [0.15, 0.2) is 0 Å². The van der Waals surface area contributed by atoms with E-state index in [9.17, 15) is 10.2 Å². The van der Waals surface area contributed by atoms with Gasteiger partial charge in [-0.15, -0.1) is 0 Å². The van der Waals surface area contributed by atoms with Crippen LogP contribution in [-0.2, 0) is 0 Å². The summed E-state index contributed by atoms with van der Waals surface area (Å²) in [7, 11) is 0. The Labute approximate surface area is 193 Å². The van der Waals surface area contributed by atoms with E-state index in [1.165, 1.54) is 44.1 Å². The fraction of sp³-hybridized carbons (Fsp3) is 0.862. The highest BCUT2D eigenvalue weighted by atomic mass is 16.3. The minimum Gasteiger partial charge on any atom is -0.393 e. The van der Waals surface area contributed by atoms with Crippen LogP contribution in [0.15, 0.2) is 23.3 Å². The molecule has 0 aromatic heterocycles. The fourth-order valence-electron chi connectivity index (χ4n) is 6.67. The van der Waals surface area contributed by atoms with E-state index in [-0.39, 0.29) is 6.10 Å². The SMILES string of the molecule is CCCCC(O)CC(=CC=C1CCCC2(C)C1CCC2C(C)CCCC(C)(C)O)CC. The Balaban J connectivity index is 2.03. The highest BCUT2D eigenvalue weighted by Gasteiger charge is 2.50. The molecule has 0 saturated heterocycles. The molecule has 2 saturated carbocycles. The number of rotatable bonds is 12. The molecule has 0 spiro atoms. The first-order chi connectivity index (χ1) is 14.6. The van der Waals surface area contributed by atoms with Crippen LogP contribution in [-0.4, -0.2) is 21.9 Å². The van der Waals surface area contributed by atoms with E-state index in [0.717, 1.165) is 62.7 Å². The van der Waals surface area contributed by atoms with Crippen LogP contribution in [0.2, 0.25) is 0 Å². The average molecular weight is 433 g/mol. The second kappa shape index (κ2) is 12.0. The summed E-state index contributed by atoms with van der Waals surface area (Å²) in [5, 5.41) is 20.4. The molecule has 180 valence electrons. The van der Waals surface area contributed by atoms with Crippen molar-refractivity contribution in [3.8, 4) is 0 Å². The van der Waals surface area contributed by atoms with Crippen LogP contribution in [0, 0.1) is 23.2 Å². The van der Waals surface area contributed by atoms with Crippen molar-refractivity contribution >= 4 is 0 Å². The first-order valence-corrected chi connectivity index (χ1v) is 13.4. The quantitative estimate of drug-likeness (QED) is 0.328. The molecule has 2 rings (SSSR count). The lowest BCUT2D eigenvalue weighted by molar-refractivity contribution is 0.0596. The average Bonchev–Trinajstić information content (AvgIpc) is 3.06. The molecule has 2 nitrogen and oxygen atoms in total. The minimum absolute atomic E-state index is 0.179. The summed E-state index contributed by atoms with van der Waals surface area (Å²) in [5.41, 5.74) is 2.99. The maximum Gasteiger partial charge on any atom is 0.0591 e. The number of hydrogen-bond acceptors (Lipinski definition) is 2. The molecular weight excluding hydrogens is 380 g/mol. The van der Waals surface area contributed by atoms with Crippen molar-refractivity contribution in [2.45, 2.75) is 137 Å². The molecule has 2 aliphatic rings. The summed E-state index contributed by atoms with van der Waals surface area (Å²) in [6.07, 6.45) is 19.6. The summed E-state index contributed by atoms with van der Waals surface area (Å²) in [6, 6.07) is 0. The van der Waals surface area contributed by atoms with E-state index in [4.69, 9.17) is 0 Å². The van der Waals surface area contributed by atoms with Crippen LogP contribution in [0.4, 0.5) is 0 Å². The van der Waals surface area contributed by atoms with Gasteiger partial charge < -0.3 is 10.2 Å². The molecule has 0 aromatic rings. The molecule has 0 amide bonds. The number of hydrogen-bond donors (Lipinski definition) is 2. The predicted octanol–water partition coefficient (Wildman–Crippen LogP) is 7.98. The van der Waals surface area contributed by atoms with Gasteiger partial charge in [0, 0.05) is 0 Å². The largest absolute Gasteiger partial charge is 0.393 e. The van der Waals surface area contributed by atoms with Gasteiger partial charge in [-0.1, -0.05) is 76.7 Å². The molecule has 5 unspecified atom stereocenters. The van der Waals surface area contributed by atoms with Crippen molar-refractivity contribution < 1.29 is 10.2 Å². The Morgan fingerprint density at radius 1 is 1.19 bits per heavy atom. The number of aliphatic hydroxyl groups is 2. The molecule has 2 heteroatoms. The predicted molar refractivity (Wildman–Crippen MR) is 134 cm³/mol. The summed E-state index contributed by atoms with van der Waals surface area (Å²) in [4.78, 5) is 0. The normalized spacial score (nSPS) is 30.5. The zero-order chi connectivity index (χ0) is 23.1. The zero-order valence-corrected chi connectivity index (χ0v) is 21.6. The third-order valence-corrected chi connectivity index (χ3v) is 8.55. The number of fused-ring (bicyclic) bond motifs is 1. The standard InChI is InChI=1S/C29H52O2/c1-7-9-14-25(30)21-23(8-2)15-16-24-13-11-20-29(6)26(17-18-27(24)29)22(3)12-10-19-28(4,5)31/h15-16,22,25-27,30-31H,7-14,17-21H2,1-6H3. The van der Waals surface area contributed by atoms with Crippen LogP contribution in [0.3, 0.4) is 0 Å². The molecule has 0 radical (unpaired) electrons. The van der Waals surface area contributed by atoms with E-state index in [1.54, 1.807) is 5.57 Å². The van der Waals surface area contributed by atoms with Crippen LogP contribution in [0.25, 0.3) is 0 Å². The number of aliphatic hydroxyl groups excluding tert-OH is 1. The monoisotopic (exact) mass is 432 g/mol. The maximum atomic E-state index is 10.3. The number of allylic oxidation sites excluding steroid dienone is 3. The van der Waals surface area contributed by atoms with Gasteiger partial charge in [-0.25, -0.2) is 0 Å². The Kier molecular flexibility index (Phi) is 10.3. The third-order valence-electron chi connectivity index (χ3n) is 8.55. The van der Waals surface area contributed by atoms with Crippen LogP contribution < -0.4 is 0 Å². The first kappa shape index (κ1) is 26.7. The maximum absolute atomic E-state index is 10.3. The molecule has 31 heavy (non-hydrogen) atoms. The van der Waals surface area contributed by atoms with Crippen molar-refractivity contribution in [1.29, 1.82) is 0 Å². The highest BCUT2D eigenvalue weighted by Crippen LogP contribution is 2.59. The van der Waals surface area contributed by atoms with Gasteiger partial charge in [0.25, 0.3) is 0 Å². The Bertz CT molecular complexity index is 596. The van der Waals surface area contributed by atoms with Crippen molar-refractivity contribution in [3.63, 3.8) is 0 Å². The third kappa shape index (κ3) is 7.74. The summed E-state index contributed by atoms with van der Waals surface area (Å²) < 4.78 is 0. The summed E-state index contributed by atoms with van der Waals surface area (Å²) in [6.45, 7) is 13.3. The molecule has 2 fully saturated rings. The first-order valence-electron chi connectivity index (χ1n) is 13.4. The molecule has 0 heterocycles. The Hall–Kier alpha value is -0.600. The molecule has 0 aliphatic heterocycles. The zero-order valence-electron chi connectivity index (χ0n) is 21.6. The van der Waals surface area contributed by atoms with Crippen molar-refractivity contribution in [3.05, 3.63) is 23.3 Å². The molecule has 2 N–H and O–H groups in total. The van der Waals surface area contributed by atoms with Gasteiger partial charge in [-0.3, -0.25) is 0 Å². The van der Waals surface area contributed by atoms with E-state index >= 15 is 0 Å². The lowest BCUT2D eigenvalue weighted by Gasteiger charge is -2.44. The molecule has 0 aromatic carbocycles. The van der Waals surface area contributed by atoms with Gasteiger partial charge >= 0.3 is 0 Å². The van der Waals surface area contributed by atoms with Gasteiger partial charge in [-0.05, 0) is 94.8 Å². The van der Waals surface area contributed by atoms with Crippen LogP contribution in [0.5, 0.6) is 0 Å². The van der Waals surface area contributed by atoms with Crippen molar-refractivity contribution in [2.24, 2.45) is 23.2 Å². The molecular formula is C29H52O2. The van der Waals surface area contributed by atoms with E-state index in [0.29, 0.717) is 5.41 Å². The molecule has 2 aliphatic carbocycles. The second-order valence-electron chi connectivity index (χ2n) is 11.7. The molecule has 5 atom stereocenters. The summed E-state index contributed by atoms with van der Waals surface area (Å²) >= 11 is 0. The smallest absolute Gasteiger partial charge is 0.0591 e.